The number of aliphatic hydroxyl groups excluding tert-OH is 1. The molecule has 94 valence electrons. The molecule has 0 radical (unpaired) electrons. The van der Waals surface area contributed by atoms with Crippen molar-refractivity contribution in [3.63, 3.8) is 0 Å². The molecule has 0 amide bonds. The summed E-state index contributed by atoms with van der Waals surface area (Å²) in [6.45, 7) is 1.73. The van der Waals surface area contributed by atoms with Crippen LogP contribution in [0.25, 0.3) is 0 Å². The molecule has 0 aliphatic carbocycles. The quantitative estimate of drug-likeness (QED) is 0.855. The van der Waals surface area contributed by atoms with E-state index in [1.165, 1.54) is 0 Å². The maximum atomic E-state index is 9.08. The average Bonchev–Trinajstić information content (AvgIpc) is 2.73. The first-order valence-electron chi connectivity index (χ1n) is 5.39. The largest absolute Gasteiger partial charge is 0.493 e. The van der Waals surface area contributed by atoms with E-state index in [4.69, 9.17) is 24.1 Å². The van der Waals surface area contributed by atoms with Crippen LogP contribution in [-0.4, -0.2) is 37.5 Å². The Bertz CT molecular complexity index is 381. The predicted molar refractivity (Wildman–Crippen MR) is 59.9 cm³/mol. The summed E-state index contributed by atoms with van der Waals surface area (Å²) in [6, 6.07) is 7.29. The van der Waals surface area contributed by atoms with E-state index in [1.54, 1.807) is 26.2 Å². The minimum Gasteiger partial charge on any atom is -0.493 e. The highest BCUT2D eigenvalue weighted by Crippen LogP contribution is 2.30. The molecule has 2 rings (SSSR count). The lowest BCUT2D eigenvalue weighted by Crippen LogP contribution is -2.32. The average molecular weight is 240 g/mol. The number of rotatable bonds is 4. The van der Waals surface area contributed by atoms with Gasteiger partial charge in [-0.25, -0.2) is 0 Å². The Morgan fingerprint density at radius 1 is 1.41 bits per heavy atom. The fourth-order valence-corrected chi connectivity index (χ4v) is 1.59. The summed E-state index contributed by atoms with van der Waals surface area (Å²) in [7, 11) is 1.58. The molecule has 1 saturated heterocycles. The second-order valence-corrected chi connectivity index (χ2v) is 3.92. The number of ether oxygens (including phenoxy) is 4. The fourth-order valence-electron chi connectivity index (χ4n) is 1.59. The maximum absolute atomic E-state index is 9.08. The molecule has 1 aromatic rings. The predicted octanol–water partition coefficient (Wildman–Crippen LogP) is 1.16. The molecular formula is C12H16O5. The first-order chi connectivity index (χ1) is 8.17. The first-order valence-corrected chi connectivity index (χ1v) is 5.39. The third-order valence-electron chi connectivity index (χ3n) is 2.52. The van der Waals surface area contributed by atoms with Crippen LogP contribution in [0.3, 0.4) is 0 Å². The Balaban J connectivity index is 2.03. The van der Waals surface area contributed by atoms with E-state index >= 15 is 0 Å². The minimum atomic E-state index is -0.979. The lowest BCUT2D eigenvalue weighted by atomic mass is 10.3. The number of aliphatic hydroxyl groups is 1. The van der Waals surface area contributed by atoms with Crippen LogP contribution in [0.1, 0.15) is 6.92 Å². The summed E-state index contributed by atoms with van der Waals surface area (Å²) in [5.74, 6) is 0.242. The SMILES string of the molecule is COc1ccccc1OC1COC(C)(CO)O1. The van der Waals surface area contributed by atoms with Gasteiger partial charge >= 0.3 is 0 Å². The van der Waals surface area contributed by atoms with Gasteiger partial charge in [0, 0.05) is 0 Å². The van der Waals surface area contributed by atoms with Crippen molar-refractivity contribution in [3.8, 4) is 11.5 Å². The van der Waals surface area contributed by atoms with Crippen LogP contribution in [0.2, 0.25) is 0 Å². The van der Waals surface area contributed by atoms with Crippen molar-refractivity contribution in [3.05, 3.63) is 24.3 Å². The van der Waals surface area contributed by atoms with Gasteiger partial charge in [-0.3, -0.25) is 0 Å². The Hall–Kier alpha value is -1.30. The smallest absolute Gasteiger partial charge is 0.226 e. The molecule has 0 saturated carbocycles. The molecule has 0 aromatic heterocycles. The number of benzene rings is 1. The molecule has 17 heavy (non-hydrogen) atoms. The number of hydrogen-bond donors (Lipinski definition) is 1. The van der Waals surface area contributed by atoms with Gasteiger partial charge in [0.1, 0.15) is 6.61 Å². The summed E-state index contributed by atoms with van der Waals surface area (Å²) in [5, 5.41) is 9.08. The summed E-state index contributed by atoms with van der Waals surface area (Å²) < 4.78 is 21.5. The van der Waals surface area contributed by atoms with Crippen molar-refractivity contribution in [2.75, 3.05) is 20.3 Å². The van der Waals surface area contributed by atoms with Crippen molar-refractivity contribution < 1.29 is 24.1 Å². The summed E-state index contributed by atoms with van der Waals surface area (Å²) in [6.07, 6.45) is -0.538. The monoisotopic (exact) mass is 240 g/mol. The Morgan fingerprint density at radius 2 is 2.12 bits per heavy atom. The molecule has 1 N–H and O–H groups in total. The Labute approximate surface area is 99.9 Å². The zero-order valence-electron chi connectivity index (χ0n) is 9.88. The van der Waals surface area contributed by atoms with Gasteiger partial charge in [0.05, 0.1) is 13.7 Å². The van der Waals surface area contributed by atoms with Crippen LogP contribution < -0.4 is 9.47 Å². The Kier molecular flexibility index (Phi) is 3.51. The Morgan fingerprint density at radius 3 is 2.71 bits per heavy atom. The van der Waals surface area contributed by atoms with Crippen molar-refractivity contribution in [2.24, 2.45) is 0 Å². The number of hydrogen-bond acceptors (Lipinski definition) is 5. The van der Waals surface area contributed by atoms with Crippen LogP contribution in [0.15, 0.2) is 24.3 Å². The molecule has 1 fully saturated rings. The number of methoxy groups -OCH3 is 1. The third kappa shape index (κ3) is 2.69. The molecule has 1 aromatic carbocycles. The molecule has 1 aliphatic rings. The standard InChI is InChI=1S/C12H16O5/c1-12(8-13)15-7-11(17-12)16-10-6-4-3-5-9(10)14-2/h3-6,11,13H,7-8H2,1-2H3. The lowest BCUT2D eigenvalue weighted by molar-refractivity contribution is -0.200. The van der Waals surface area contributed by atoms with Crippen LogP contribution >= 0.6 is 0 Å². The van der Waals surface area contributed by atoms with Gasteiger partial charge < -0.3 is 24.1 Å². The van der Waals surface area contributed by atoms with E-state index in [0.717, 1.165) is 0 Å². The summed E-state index contributed by atoms with van der Waals surface area (Å²) >= 11 is 0. The van der Waals surface area contributed by atoms with Gasteiger partial charge in [-0.2, -0.15) is 0 Å². The molecule has 5 nitrogen and oxygen atoms in total. The van der Waals surface area contributed by atoms with E-state index in [9.17, 15) is 0 Å². The summed E-state index contributed by atoms with van der Waals surface area (Å²) in [4.78, 5) is 0. The second-order valence-electron chi connectivity index (χ2n) is 3.92. The van der Waals surface area contributed by atoms with Crippen LogP contribution in [0.4, 0.5) is 0 Å². The van der Waals surface area contributed by atoms with Crippen LogP contribution in [-0.2, 0) is 9.47 Å². The zero-order valence-corrected chi connectivity index (χ0v) is 9.88. The highest BCUT2D eigenvalue weighted by molar-refractivity contribution is 5.39. The van der Waals surface area contributed by atoms with Gasteiger partial charge in [-0.15, -0.1) is 0 Å². The molecule has 2 atom stereocenters. The van der Waals surface area contributed by atoms with Gasteiger partial charge in [-0.1, -0.05) is 12.1 Å². The van der Waals surface area contributed by atoms with Crippen molar-refractivity contribution in [1.82, 2.24) is 0 Å². The van der Waals surface area contributed by atoms with Gasteiger partial charge in [0.25, 0.3) is 0 Å². The minimum absolute atomic E-state index is 0.210. The topological polar surface area (TPSA) is 57.2 Å². The lowest BCUT2D eigenvalue weighted by Gasteiger charge is -2.20. The van der Waals surface area contributed by atoms with E-state index in [0.29, 0.717) is 11.5 Å². The zero-order chi connectivity index (χ0) is 12.3. The highest BCUT2D eigenvalue weighted by Gasteiger charge is 2.38. The molecule has 0 bridgehead atoms. The van der Waals surface area contributed by atoms with E-state index in [-0.39, 0.29) is 13.2 Å². The highest BCUT2D eigenvalue weighted by atomic mass is 16.8. The molecule has 1 heterocycles. The van der Waals surface area contributed by atoms with Gasteiger partial charge in [-0.05, 0) is 19.1 Å². The van der Waals surface area contributed by atoms with Crippen LogP contribution in [0.5, 0.6) is 11.5 Å². The van der Waals surface area contributed by atoms with Gasteiger partial charge in [0.2, 0.25) is 6.29 Å². The molecular weight excluding hydrogens is 224 g/mol. The normalized spacial score (nSPS) is 28.1. The van der Waals surface area contributed by atoms with E-state index in [1.807, 2.05) is 12.1 Å². The third-order valence-corrected chi connectivity index (χ3v) is 2.52. The molecule has 5 heteroatoms. The molecule has 1 aliphatic heterocycles. The van der Waals surface area contributed by atoms with E-state index < -0.39 is 12.1 Å². The fraction of sp³-hybridized carbons (Fsp3) is 0.500. The summed E-state index contributed by atoms with van der Waals surface area (Å²) in [5.41, 5.74) is 0. The second kappa shape index (κ2) is 4.91. The maximum Gasteiger partial charge on any atom is 0.226 e. The van der Waals surface area contributed by atoms with Crippen molar-refractivity contribution >= 4 is 0 Å². The van der Waals surface area contributed by atoms with Crippen molar-refractivity contribution in [2.45, 2.75) is 19.0 Å². The van der Waals surface area contributed by atoms with E-state index in [2.05, 4.69) is 0 Å². The van der Waals surface area contributed by atoms with Gasteiger partial charge in [0.15, 0.2) is 17.3 Å². The van der Waals surface area contributed by atoms with Crippen molar-refractivity contribution in [1.29, 1.82) is 0 Å². The number of para-hydroxylation sites is 2. The van der Waals surface area contributed by atoms with Crippen LogP contribution in [0, 0.1) is 0 Å². The first kappa shape index (κ1) is 12.2. The molecule has 2 unspecified atom stereocenters. The molecule has 0 spiro atoms.